The summed E-state index contributed by atoms with van der Waals surface area (Å²) in [5, 5.41) is 15.1. The minimum Gasteiger partial charge on any atom is -0.393 e. The molecule has 2 spiro atoms. The van der Waals surface area contributed by atoms with Crippen LogP contribution in [-0.2, 0) is 9.53 Å². The number of nitrogens with zero attached hydrogens (tertiary/aromatic N) is 1. The minimum atomic E-state index is -0.318. The number of aliphatic hydroxyl groups excluding tert-OH is 1. The molecule has 0 amide bonds. The Morgan fingerprint density at radius 2 is 1.84 bits per heavy atom. The average Bonchev–Trinajstić information content (AvgIpc) is 3.36. The number of fused-ring (bicyclic) bond motifs is 4. The third-order valence-corrected chi connectivity index (χ3v) is 12.9. The summed E-state index contributed by atoms with van der Waals surface area (Å²) in [6.07, 6.45) is 7.03. The first-order valence-corrected chi connectivity index (χ1v) is 13.2. The van der Waals surface area contributed by atoms with Crippen LogP contribution in [0, 0.1) is 44.8 Å². The van der Waals surface area contributed by atoms with Crippen LogP contribution in [0.1, 0.15) is 72.6 Å². The molecule has 11 atom stereocenters. The Labute approximate surface area is 194 Å². The molecule has 0 bridgehead atoms. The molecule has 6 rings (SSSR count). The number of carbonyl (C=O) groups is 1. The average molecular weight is 445 g/mol. The summed E-state index contributed by atoms with van der Waals surface area (Å²) in [6, 6.07) is 0.794. The maximum atomic E-state index is 14.3. The highest BCUT2D eigenvalue weighted by Gasteiger charge is 2.86. The molecule has 0 aromatic rings. The van der Waals surface area contributed by atoms with E-state index < -0.39 is 0 Å². The fourth-order valence-electron chi connectivity index (χ4n) is 11.2. The Hall–Kier alpha value is -0.490. The lowest BCUT2D eigenvalue weighted by atomic mass is 9.41. The number of ketones is 1. The van der Waals surface area contributed by atoms with Crippen LogP contribution in [0.2, 0.25) is 0 Å². The van der Waals surface area contributed by atoms with E-state index >= 15 is 0 Å². The zero-order chi connectivity index (χ0) is 22.9. The van der Waals surface area contributed by atoms with Crippen molar-refractivity contribution in [2.45, 2.75) is 90.8 Å². The summed E-state index contributed by atoms with van der Waals surface area (Å²) in [5.41, 5.74) is 0.0932. The summed E-state index contributed by atoms with van der Waals surface area (Å²) in [6.45, 7) is 11.0. The van der Waals surface area contributed by atoms with Crippen LogP contribution in [0.25, 0.3) is 0 Å². The van der Waals surface area contributed by atoms with Gasteiger partial charge in [0.15, 0.2) is 0 Å². The van der Waals surface area contributed by atoms with E-state index in [-0.39, 0.29) is 45.1 Å². The van der Waals surface area contributed by atoms with Crippen molar-refractivity contribution in [1.82, 2.24) is 10.2 Å². The summed E-state index contributed by atoms with van der Waals surface area (Å²) >= 11 is 0. The predicted octanol–water partition coefficient (Wildman–Crippen LogP) is 3.45. The summed E-state index contributed by atoms with van der Waals surface area (Å²) < 4.78 is 5.96. The maximum absolute atomic E-state index is 14.3. The van der Waals surface area contributed by atoms with Crippen LogP contribution in [0.4, 0.5) is 0 Å². The van der Waals surface area contributed by atoms with Gasteiger partial charge >= 0.3 is 0 Å². The Morgan fingerprint density at radius 1 is 1.12 bits per heavy atom. The quantitative estimate of drug-likeness (QED) is 0.683. The highest BCUT2D eigenvalue weighted by molar-refractivity contribution is 5.92. The van der Waals surface area contributed by atoms with Gasteiger partial charge in [-0.3, -0.25) is 10.1 Å². The van der Waals surface area contributed by atoms with Gasteiger partial charge in [-0.1, -0.05) is 20.8 Å². The molecule has 180 valence electrons. The molecule has 5 aliphatic carbocycles. The number of aliphatic hydroxyl groups is 1. The van der Waals surface area contributed by atoms with Gasteiger partial charge in [-0.05, 0) is 87.6 Å². The molecule has 32 heavy (non-hydrogen) atoms. The topological polar surface area (TPSA) is 61.8 Å². The zero-order valence-electron chi connectivity index (χ0n) is 21.0. The Morgan fingerprint density at radius 3 is 2.56 bits per heavy atom. The lowest BCUT2D eigenvalue weighted by Gasteiger charge is -2.63. The summed E-state index contributed by atoms with van der Waals surface area (Å²) in [5.74, 6) is 1.70. The molecule has 0 aromatic carbocycles. The third kappa shape index (κ3) is 2.20. The summed E-state index contributed by atoms with van der Waals surface area (Å²) in [4.78, 5) is 16.5. The molecule has 1 saturated heterocycles. The molecule has 0 aromatic heterocycles. The maximum Gasteiger partial charge on any atom is 0.140 e. The largest absolute Gasteiger partial charge is 0.393 e. The van der Waals surface area contributed by atoms with Crippen molar-refractivity contribution in [1.29, 1.82) is 0 Å². The molecule has 5 nitrogen and oxygen atoms in total. The SMILES string of the molecule is CC([C@H]1[C@H](O)C[C@@]2(C)C3CCC4C5(CC[C@@H]6NCOC[C@@]46C)C[C@@]35C(=O)C[C@]12C)N(C)C. The molecule has 1 aliphatic heterocycles. The first-order valence-electron chi connectivity index (χ1n) is 13.2. The van der Waals surface area contributed by atoms with Gasteiger partial charge in [0, 0.05) is 35.3 Å². The molecule has 6 aliphatic rings. The number of nitrogens with one attached hydrogen (secondary N) is 1. The zero-order valence-corrected chi connectivity index (χ0v) is 21.0. The van der Waals surface area contributed by atoms with Crippen LogP contribution < -0.4 is 5.32 Å². The molecule has 5 saturated carbocycles. The van der Waals surface area contributed by atoms with Gasteiger partial charge in [0.2, 0.25) is 0 Å². The van der Waals surface area contributed by atoms with Crippen LogP contribution in [0.15, 0.2) is 0 Å². The number of carbonyl (C=O) groups excluding carboxylic acids is 1. The number of ether oxygens (including phenoxy) is 1. The minimum absolute atomic E-state index is 0.0306. The second-order valence-electron chi connectivity index (χ2n) is 13.7. The highest BCUT2D eigenvalue weighted by atomic mass is 16.5. The van der Waals surface area contributed by atoms with Crippen LogP contribution in [0.5, 0.6) is 0 Å². The Balaban J connectivity index is 1.41. The van der Waals surface area contributed by atoms with Crippen LogP contribution >= 0.6 is 0 Å². The Kier molecular flexibility index (Phi) is 4.39. The smallest absolute Gasteiger partial charge is 0.140 e. The van der Waals surface area contributed by atoms with Gasteiger partial charge < -0.3 is 14.7 Å². The fourth-order valence-corrected chi connectivity index (χ4v) is 11.2. The van der Waals surface area contributed by atoms with Crippen molar-refractivity contribution in [2.75, 3.05) is 27.4 Å². The number of rotatable bonds is 2. The molecule has 1 heterocycles. The number of hydrogen-bond acceptors (Lipinski definition) is 5. The van der Waals surface area contributed by atoms with Crippen molar-refractivity contribution in [3.63, 3.8) is 0 Å². The van der Waals surface area contributed by atoms with Crippen LogP contribution in [-0.4, -0.2) is 61.4 Å². The Bertz CT molecular complexity index is 847. The second-order valence-corrected chi connectivity index (χ2v) is 13.7. The second kappa shape index (κ2) is 6.38. The molecular formula is C27H44N2O3. The van der Waals surface area contributed by atoms with Crippen molar-refractivity contribution in [3.8, 4) is 0 Å². The van der Waals surface area contributed by atoms with E-state index in [9.17, 15) is 9.90 Å². The molecule has 6 fully saturated rings. The van der Waals surface area contributed by atoms with Gasteiger partial charge in [0.1, 0.15) is 5.78 Å². The van der Waals surface area contributed by atoms with E-state index in [1.54, 1.807) is 0 Å². The van der Waals surface area contributed by atoms with Gasteiger partial charge in [-0.25, -0.2) is 0 Å². The van der Waals surface area contributed by atoms with Gasteiger partial charge in [-0.15, -0.1) is 0 Å². The first kappa shape index (κ1) is 22.0. The van der Waals surface area contributed by atoms with Crippen molar-refractivity contribution in [2.24, 2.45) is 44.8 Å². The number of Topliss-reactive ketones (excluding diaryl/α,β-unsaturated/α-hetero) is 1. The molecule has 0 radical (unpaired) electrons. The lowest BCUT2D eigenvalue weighted by Crippen LogP contribution is -2.65. The predicted molar refractivity (Wildman–Crippen MR) is 124 cm³/mol. The van der Waals surface area contributed by atoms with E-state index in [1.807, 2.05) is 0 Å². The highest BCUT2D eigenvalue weighted by Crippen LogP contribution is 2.88. The van der Waals surface area contributed by atoms with E-state index in [0.29, 0.717) is 36.8 Å². The standard InChI is InChI=1S/C27H44N2O3/c1-16(29(5)6)22-17(30)11-24(3)19-8-7-18-23(2)14-32-15-28-20(23)9-10-26(18)13-27(19,26)21(31)12-25(22,24)4/h16-20,22,28,30H,7-15H2,1-6H3/t16?,17-,18?,19?,20+,22+,23+,24+,25-,26?,27+/m1/s1. The van der Waals surface area contributed by atoms with Crippen molar-refractivity contribution < 1.29 is 14.6 Å². The van der Waals surface area contributed by atoms with Gasteiger partial charge in [-0.2, -0.15) is 0 Å². The molecule has 2 N–H and O–H groups in total. The van der Waals surface area contributed by atoms with Gasteiger partial charge in [0.05, 0.1) is 19.4 Å². The van der Waals surface area contributed by atoms with E-state index in [1.165, 1.54) is 19.3 Å². The van der Waals surface area contributed by atoms with Crippen molar-refractivity contribution >= 4 is 5.78 Å². The van der Waals surface area contributed by atoms with Gasteiger partial charge in [0.25, 0.3) is 0 Å². The van der Waals surface area contributed by atoms with Crippen LogP contribution in [0.3, 0.4) is 0 Å². The molecular weight excluding hydrogens is 400 g/mol. The first-order chi connectivity index (χ1) is 15.0. The van der Waals surface area contributed by atoms with E-state index in [0.717, 1.165) is 25.9 Å². The van der Waals surface area contributed by atoms with E-state index in [4.69, 9.17) is 4.74 Å². The number of hydrogen-bond donors (Lipinski definition) is 2. The monoisotopic (exact) mass is 444 g/mol. The third-order valence-electron chi connectivity index (χ3n) is 12.9. The van der Waals surface area contributed by atoms with Crippen molar-refractivity contribution in [3.05, 3.63) is 0 Å². The lowest BCUT2D eigenvalue weighted by molar-refractivity contribution is -0.181. The fraction of sp³-hybridized carbons (Fsp3) is 0.963. The molecule has 4 unspecified atom stereocenters. The van der Waals surface area contributed by atoms with E-state index in [2.05, 4.69) is 52.0 Å². The summed E-state index contributed by atoms with van der Waals surface area (Å²) in [7, 11) is 4.23. The molecule has 5 heteroatoms. The normalized spacial score (nSPS) is 59.5.